The number of nitrogens with one attached hydrogen (secondary N) is 1. The fraction of sp³-hybridized carbons (Fsp3) is 0.160. The van der Waals surface area contributed by atoms with Crippen molar-refractivity contribution in [1.82, 2.24) is 4.90 Å². The van der Waals surface area contributed by atoms with Crippen molar-refractivity contribution in [2.24, 2.45) is 0 Å². The lowest BCUT2D eigenvalue weighted by Gasteiger charge is -2.21. The number of nitrogens with zero attached hydrogens (tertiary/aromatic N) is 2. The SMILES string of the molecule is COc1ccc(NC(=O)C[C@H]2C(=O)N(c3ccccc3)C(=O)N2Cc2ccc(F)cc2)cc1. The van der Waals surface area contributed by atoms with Crippen LogP contribution in [0, 0.1) is 5.82 Å². The molecule has 4 amide bonds. The predicted octanol–water partition coefficient (Wildman–Crippen LogP) is 4.20. The second-order valence-corrected chi connectivity index (χ2v) is 7.54. The fourth-order valence-electron chi connectivity index (χ4n) is 3.68. The molecule has 1 saturated heterocycles. The molecule has 1 aliphatic heterocycles. The summed E-state index contributed by atoms with van der Waals surface area (Å²) in [5.74, 6) is -0.652. The number of carbonyl (C=O) groups excluding carboxylic acids is 3. The van der Waals surface area contributed by atoms with E-state index >= 15 is 0 Å². The van der Waals surface area contributed by atoms with Crippen molar-refractivity contribution in [3.63, 3.8) is 0 Å². The number of hydrogen-bond donors (Lipinski definition) is 1. The van der Waals surface area contributed by atoms with E-state index < -0.39 is 29.7 Å². The lowest BCUT2D eigenvalue weighted by Crippen LogP contribution is -2.37. The van der Waals surface area contributed by atoms with E-state index in [9.17, 15) is 18.8 Å². The summed E-state index contributed by atoms with van der Waals surface area (Å²) < 4.78 is 18.4. The number of carbonyl (C=O) groups is 3. The summed E-state index contributed by atoms with van der Waals surface area (Å²) in [6.45, 7) is 0.0642. The monoisotopic (exact) mass is 447 g/mol. The highest BCUT2D eigenvalue weighted by molar-refractivity contribution is 6.22. The van der Waals surface area contributed by atoms with Crippen LogP contribution in [-0.2, 0) is 16.1 Å². The molecule has 3 aromatic rings. The van der Waals surface area contributed by atoms with Gasteiger partial charge in [-0.05, 0) is 54.1 Å². The Bertz CT molecular complexity index is 1150. The molecule has 1 atom stereocenters. The van der Waals surface area contributed by atoms with Gasteiger partial charge in [0, 0.05) is 12.2 Å². The van der Waals surface area contributed by atoms with E-state index in [4.69, 9.17) is 4.74 Å². The van der Waals surface area contributed by atoms with E-state index in [0.717, 1.165) is 4.90 Å². The predicted molar refractivity (Wildman–Crippen MR) is 121 cm³/mol. The largest absolute Gasteiger partial charge is 0.497 e. The quantitative estimate of drug-likeness (QED) is 0.551. The summed E-state index contributed by atoms with van der Waals surface area (Å²) in [5, 5.41) is 2.75. The first kappa shape index (κ1) is 22.0. The Labute approximate surface area is 190 Å². The normalized spacial score (nSPS) is 15.6. The van der Waals surface area contributed by atoms with Crippen molar-refractivity contribution in [3.8, 4) is 5.75 Å². The molecule has 7 nitrogen and oxygen atoms in total. The molecule has 1 N–H and O–H groups in total. The van der Waals surface area contributed by atoms with Crippen LogP contribution >= 0.6 is 0 Å². The van der Waals surface area contributed by atoms with E-state index in [-0.39, 0.29) is 13.0 Å². The van der Waals surface area contributed by atoms with Crippen LogP contribution in [0.5, 0.6) is 5.75 Å². The third-order valence-corrected chi connectivity index (χ3v) is 5.35. The minimum Gasteiger partial charge on any atom is -0.497 e. The molecule has 1 heterocycles. The fourth-order valence-corrected chi connectivity index (χ4v) is 3.68. The molecule has 0 aliphatic carbocycles. The number of imide groups is 1. The molecule has 3 aromatic carbocycles. The number of urea groups is 1. The Morgan fingerprint density at radius 2 is 1.64 bits per heavy atom. The van der Waals surface area contributed by atoms with Gasteiger partial charge in [0.25, 0.3) is 5.91 Å². The first-order valence-electron chi connectivity index (χ1n) is 10.3. The number of amides is 4. The molecule has 0 saturated carbocycles. The zero-order chi connectivity index (χ0) is 23.4. The number of hydrogen-bond acceptors (Lipinski definition) is 4. The highest BCUT2D eigenvalue weighted by atomic mass is 19.1. The zero-order valence-corrected chi connectivity index (χ0v) is 17.9. The van der Waals surface area contributed by atoms with Gasteiger partial charge in [-0.3, -0.25) is 9.59 Å². The number of rotatable bonds is 7. The van der Waals surface area contributed by atoms with Crippen LogP contribution in [0.4, 0.5) is 20.6 Å². The second kappa shape index (κ2) is 9.52. The summed E-state index contributed by atoms with van der Waals surface area (Å²) >= 11 is 0. The topological polar surface area (TPSA) is 79.0 Å². The standard InChI is InChI=1S/C25H22FN3O4/c1-33-21-13-11-19(12-14-21)27-23(30)15-22-24(31)29(20-5-3-2-4-6-20)25(32)28(22)16-17-7-9-18(26)10-8-17/h2-14,22H,15-16H2,1H3,(H,27,30)/t22-/m0/s1. The molecular weight excluding hydrogens is 425 g/mol. The van der Waals surface area contributed by atoms with E-state index in [1.54, 1.807) is 73.8 Å². The Kier molecular flexibility index (Phi) is 6.35. The summed E-state index contributed by atoms with van der Waals surface area (Å²) in [5.41, 5.74) is 1.62. The molecule has 8 heteroatoms. The Morgan fingerprint density at radius 3 is 2.27 bits per heavy atom. The van der Waals surface area contributed by atoms with Crippen LogP contribution in [0.1, 0.15) is 12.0 Å². The van der Waals surface area contributed by atoms with Crippen LogP contribution in [0.15, 0.2) is 78.9 Å². The first-order chi connectivity index (χ1) is 16.0. The van der Waals surface area contributed by atoms with Crippen molar-refractivity contribution < 1.29 is 23.5 Å². The number of methoxy groups -OCH3 is 1. The van der Waals surface area contributed by atoms with Crippen LogP contribution in [0.3, 0.4) is 0 Å². The van der Waals surface area contributed by atoms with Gasteiger partial charge in [-0.15, -0.1) is 0 Å². The maximum atomic E-state index is 13.3. The second-order valence-electron chi connectivity index (χ2n) is 7.54. The highest BCUT2D eigenvalue weighted by Gasteiger charge is 2.46. The first-order valence-corrected chi connectivity index (χ1v) is 10.3. The molecule has 1 aliphatic rings. The number of benzene rings is 3. The summed E-state index contributed by atoms with van der Waals surface area (Å²) in [7, 11) is 1.55. The number of anilines is 2. The van der Waals surface area contributed by atoms with Crippen LogP contribution in [0.25, 0.3) is 0 Å². The van der Waals surface area contributed by atoms with E-state index in [1.807, 2.05) is 0 Å². The van der Waals surface area contributed by atoms with Gasteiger partial charge in [-0.25, -0.2) is 14.1 Å². The minimum absolute atomic E-state index is 0.0642. The van der Waals surface area contributed by atoms with Gasteiger partial charge in [0.15, 0.2) is 0 Å². The minimum atomic E-state index is -0.999. The smallest absolute Gasteiger partial charge is 0.332 e. The van der Waals surface area contributed by atoms with E-state index in [1.165, 1.54) is 17.0 Å². The van der Waals surface area contributed by atoms with Crippen molar-refractivity contribution in [3.05, 3.63) is 90.2 Å². The Hall–Kier alpha value is -4.20. The zero-order valence-electron chi connectivity index (χ0n) is 17.9. The third-order valence-electron chi connectivity index (χ3n) is 5.35. The van der Waals surface area contributed by atoms with Gasteiger partial charge in [0.05, 0.1) is 19.2 Å². The van der Waals surface area contributed by atoms with Gasteiger partial charge < -0.3 is 15.0 Å². The molecule has 0 unspecified atom stereocenters. The lowest BCUT2D eigenvalue weighted by molar-refractivity contribution is -0.124. The van der Waals surface area contributed by atoms with Gasteiger partial charge in [0.1, 0.15) is 17.6 Å². The molecule has 4 rings (SSSR count). The number of halogens is 1. The average Bonchev–Trinajstić information content (AvgIpc) is 3.05. The molecule has 0 spiro atoms. The molecular formula is C25H22FN3O4. The maximum absolute atomic E-state index is 13.3. The Morgan fingerprint density at radius 1 is 0.970 bits per heavy atom. The van der Waals surface area contributed by atoms with Gasteiger partial charge in [-0.2, -0.15) is 0 Å². The van der Waals surface area contributed by atoms with Crippen LogP contribution in [0.2, 0.25) is 0 Å². The number of para-hydroxylation sites is 1. The van der Waals surface area contributed by atoms with Crippen molar-refractivity contribution in [2.75, 3.05) is 17.3 Å². The van der Waals surface area contributed by atoms with Gasteiger partial charge >= 0.3 is 6.03 Å². The molecule has 33 heavy (non-hydrogen) atoms. The van der Waals surface area contributed by atoms with Gasteiger partial charge in [0.2, 0.25) is 5.91 Å². The molecule has 0 bridgehead atoms. The maximum Gasteiger partial charge on any atom is 0.332 e. The summed E-state index contributed by atoms with van der Waals surface area (Å²) in [6, 6.07) is 19.5. The number of ether oxygens (including phenoxy) is 1. The molecule has 1 fully saturated rings. The van der Waals surface area contributed by atoms with Crippen LogP contribution in [-0.4, -0.2) is 35.9 Å². The van der Waals surface area contributed by atoms with Crippen molar-refractivity contribution in [2.45, 2.75) is 19.0 Å². The van der Waals surface area contributed by atoms with E-state index in [2.05, 4.69) is 5.32 Å². The molecule has 0 aromatic heterocycles. The highest BCUT2D eigenvalue weighted by Crippen LogP contribution is 2.28. The van der Waals surface area contributed by atoms with Crippen molar-refractivity contribution >= 4 is 29.2 Å². The van der Waals surface area contributed by atoms with Crippen LogP contribution < -0.4 is 15.0 Å². The third kappa shape index (κ3) is 4.85. The van der Waals surface area contributed by atoms with Crippen molar-refractivity contribution in [1.29, 1.82) is 0 Å². The summed E-state index contributed by atoms with van der Waals surface area (Å²) in [6.07, 6.45) is -0.221. The molecule has 168 valence electrons. The lowest BCUT2D eigenvalue weighted by atomic mass is 10.1. The summed E-state index contributed by atoms with van der Waals surface area (Å²) in [4.78, 5) is 41.7. The molecule has 0 radical (unpaired) electrons. The Balaban J connectivity index is 1.57. The average molecular weight is 447 g/mol. The van der Waals surface area contributed by atoms with E-state index in [0.29, 0.717) is 22.7 Å². The van der Waals surface area contributed by atoms with Gasteiger partial charge in [-0.1, -0.05) is 30.3 Å².